The van der Waals surface area contributed by atoms with Crippen LogP contribution in [0.2, 0.25) is 0 Å². The average molecular weight is 231 g/mol. The molecular weight excluding hydrogens is 210 g/mol. The third kappa shape index (κ3) is 5.58. The number of hydrogen-bond acceptors (Lipinski definition) is 3. The maximum absolute atomic E-state index is 11.7. The third-order valence-corrected chi connectivity index (χ3v) is 1.92. The number of carbonyl (C=O) groups is 2. The smallest absolute Gasteiger partial charge is 0.410 e. The molecule has 0 aromatic rings. The van der Waals surface area contributed by atoms with Gasteiger partial charge in [-0.25, -0.2) is 4.79 Å². The van der Waals surface area contributed by atoms with Gasteiger partial charge in [-0.05, 0) is 34.6 Å². The van der Waals surface area contributed by atoms with E-state index in [0.29, 0.717) is 0 Å². The minimum atomic E-state index is -0.924. The summed E-state index contributed by atoms with van der Waals surface area (Å²) in [6, 6.07) is 0. The number of hydrogen-bond donors (Lipinski definition) is 1. The van der Waals surface area contributed by atoms with Crippen molar-refractivity contribution in [2.24, 2.45) is 0 Å². The van der Waals surface area contributed by atoms with Crippen LogP contribution in [0.1, 0.15) is 41.0 Å². The van der Waals surface area contributed by atoms with Gasteiger partial charge in [0.05, 0.1) is 12.5 Å². The van der Waals surface area contributed by atoms with Gasteiger partial charge in [0.1, 0.15) is 0 Å². The van der Waals surface area contributed by atoms with E-state index in [2.05, 4.69) is 0 Å². The number of rotatable bonds is 4. The van der Waals surface area contributed by atoms with Crippen molar-refractivity contribution in [1.29, 1.82) is 0 Å². The Morgan fingerprint density at radius 1 is 1.31 bits per heavy atom. The molecule has 0 unspecified atom stereocenters. The lowest BCUT2D eigenvalue weighted by Crippen LogP contribution is -2.47. The second-order valence-corrected chi connectivity index (χ2v) is 4.90. The van der Waals surface area contributed by atoms with Crippen LogP contribution in [-0.4, -0.2) is 40.3 Å². The zero-order valence-corrected chi connectivity index (χ0v) is 10.6. The van der Waals surface area contributed by atoms with E-state index in [1.54, 1.807) is 13.8 Å². The van der Waals surface area contributed by atoms with E-state index in [1.165, 1.54) is 4.90 Å². The highest BCUT2D eigenvalue weighted by atomic mass is 16.6. The second-order valence-electron chi connectivity index (χ2n) is 4.90. The molecule has 0 spiro atoms. The van der Waals surface area contributed by atoms with Crippen molar-refractivity contribution >= 4 is 12.1 Å². The van der Waals surface area contributed by atoms with Crippen LogP contribution in [-0.2, 0) is 9.53 Å². The first-order valence-electron chi connectivity index (χ1n) is 5.34. The molecule has 1 N–H and O–H groups in total. The molecule has 0 aliphatic rings. The quantitative estimate of drug-likeness (QED) is 0.804. The molecule has 0 aliphatic heterocycles. The van der Waals surface area contributed by atoms with E-state index >= 15 is 0 Å². The molecule has 94 valence electrons. The van der Waals surface area contributed by atoms with E-state index in [0.717, 1.165) is 0 Å². The van der Waals surface area contributed by atoms with Gasteiger partial charge in [0.15, 0.2) is 0 Å². The van der Waals surface area contributed by atoms with Gasteiger partial charge in [-0.2, -0.15) is 0 Å². The summed E-state index contributed by atoms with van der Waals surface area (Å²) in [7, 11) is 0. The molecule has 0 aromatic carbocycles. The SMILES string of the molecule is CC(C)OC(=O)N(CCC(=O)O)C(C)(C)C. The average Bonchev–Trinajstić information content (AvgIpc) is 1.98. The first-order valence-corrected chi connectivity index (χ1v) is 5.34. The summed E-state index contributed by atoms with van der Waals surface area (Å²) in [4.78, 5) is 23.7. The maximum atomic E-state index is 11.7. The topological polar surface area (TPSA) is 66.8 Å². The molecule has 0 aromatic heterocycles. The minimum absolute atomic E-state index is 0.0789. The Morgan fingerprint density at radius 3 is 2.12 bits per heavy atom. The Bertz CT molecular complexity index is 255. The summed E-state index contributed by atoms with van der Waals surface area (Å²) in [5.41, 5.74) is -0.443. The summed E-state index contributed by atoms with van der Waals surface area (Å²) in [5.74, 6) is -0.924. The second kappa shape index (κ2) is 5.72. The third-order valence-electron chi connectivity index (χ3n) is 1.92. The van der Waals surface area contributed by atoms with Crippen molar-refractivity contribution in [2.75, 3.05) is 6.54 Å². The van der Waals surface area contributed by atoms with Crippen LogP contribution in [0.4, 0.5) is 4.79 Å². The summed E-state index contributed by atoms with van der Waals surface area (Å²) in [6.07, 6.45) is -0.754. The van der Waals surface area contributed by atoms with Gasteiger partial charge in [-0.3, -0.25) is 4.79 Å². The summed E-state index contributed by atoms with van der Waals surface area (Å²) >= 11 is 0. The monoisotopic (exact) mass is 231 g/mol. The first kappa shape index (κ1) is 14.7. The molecule has 0 heterocycles. The number of carboxylic acid groups (broad SMARTS) is 1. The number of aliphatic carboxylic acids is 1. The fourth-order valence-corrected chi connectivity index (χ4v) is 1.17. The molecule has 0 fully saturated rings. The molecule has 0 bridgehead atoms. The van der Waals surface area contributed by atoms with Crippen LogP contribution in [0.25, 0.3) is 0 Å². The first-order chi connectivity index (χ1) is 7.14. The van der Waals surface area contributed by atoms with E-state index in [9.17, 15) is 9.59 Å². The molecule has 1 amide bonds. The Morgan fingerprint density at radius 2 is 1.81 bits per heavy atom. The highest BCUT2D eigenvalue weighted by molar-refractivity contribution is 5.71. The van der Waals surface area contributed by atoms with Gasteiger partial charge in [-0.15, -0.1) is 0 Å². The van der Waals surface area contributed by atoms with Crippen LogP contribution in [0.15, 0.2) is 0 Å². The normalized spacial score (nSPS) is 11.4. The van der Waals surface area contributed by atoms with Crippen LogP contribution in [0.3, 0.4) is 0 Å². The molecule has 0 saturated carbocycles. The van der Waals surface area contributed by atoms with Crippen LogP contribution >= 0.6 is 0 Å². The predicted molar refractivity (Wildman–Crippen MR) is 60.3 cm³/mol. The van der Waals surface area contributed by atoms with Gasteiger partial charge < -0.3 is 14.7 Å². The standard InChI is InChI=1S/C11H21NO4/c1-8(2)16-10(15)12(11(3,4)5)7-6-9(13)14/h8H,6-7H2,1-5H3,(H,13,14). The summed E-state index contributed by atoms with van der Waals surface area (Å²) < 4.78 is 5.07. The predicted octanol–water partition coefficient (Wildman–Crippen LogP) is 2.11. The lowest BCUT2D eigenvalue weighted by molar-refractivity contribution is -0.137. The van der Waals surface area contributed by atoms with Gasteiger partial charge in [-0.1, -0.05) is 0 Å². The van der Waals surface area contributed by atoms with Crippen molar-refractivity contribution in [3.8, 4) is 0 Å². The Labute approximate surface area is 96.4 Å². The molecular formula is C11H21NO4. The number of carboxylic acids is 1. The van der Waals surface area contributed by atoms with Crippen molar-refractivity contribution in [3.05, 3.63) is 0 Å². The molecule has 0 aliphatic carbocycles. The number of nitrogens with zero attached hydrogens (tertiary/aromatic N) is 1. The Balaban J connectivity index is 4.55. The number of ether oxygens (including phenoxy) is 1. The van der Waals surface area contributed by atoms with Gasteiger partial charge >= 0.3 is 12.1 Å². The molecule has 5 heteroatoms. The zero-order chi connectivity index (χ0) is 12.9. The molecule has 0 atom stereocenters. The number of amides is 1. The molecule has 0 saturated heterocycles. The highest BCUT2D eigenvalue weighted by Crippen LogP contribution is 2.15. The van der Waals surface area contributed by atoms with E-state index < -0.39 is 17.6 Å². The summed E-state index contributed by atoms with van der Waals surface area (Å²) in [5, 5.41) is 8.61. The maximum Gasteiger partial charge on any atom is 0.410 e. The molecule has 0 rings (SSSR count). The van der Waals surface area contributed by atoms with Crippen molar-refractivity contribution in [3.63, 3.8) is 0 Å². The number of carbonyl (C=O) groups excluding carboxylic acids is 1. The minimum Gasteiger partial charge on any atom is -0.481 e. The Kier molecular flexibility index (Phi) is 5.27. The zero-order valence-electron chi connectivity index (χ0n) is 10.6. The lowest BCUT2D eigenvalue weighted by atomic mass is 10.1. The van der Waals surface area contributed by atoms with E-state index in [-0.39, 0.29) is 19.1 Å². The van der Waals surface area contributed by atoms with Gasteiger partial charge in [0.25, 0.3) is 0 Å². The Hall–Kier alpha value is -1.26. The highest BCUT2D eigenvalue weighted by Gasteiger charge is 2.28. The van der Waals surface area contributed by atoms with Crippen molar-refractivity contribution in [2.45, 2.75) is 52.7 Å². The lowest BCUT2D eigenvalue weighted by Gasteiger charge is -2.34. The van der Waals surface area contributed by atoms with Gasteiger partial charge in [0, 0.05) is 12.1 Å². The van der Waals surface area contributed by atoms with E-state index in [1.807, 2.05) is 20.8 Å². The van der Waals surface area contributed by atoms with Crippen LogP contribution < -0.4 is 0 Å². The fourth-order valence-electron chi connectivity index (χ4n) is 1.17. The van der Waals surface area contributed by atoms with E-state index in [4.69, 9.17) is 9.84 Å². The van der Waals surface area contributed by atoms with Crippen LogP contribution in [0, 0.1) is 0 Å². The largest absolute Gasteiger partial charge is 0.481 e. The summed E-state index contributed by atoms with van der Waals surface area (Å²) in [6.45, 7) is 9.21. The molecule has 16 heavy (non-hydrogen) atoms. The van der Waals surface area contributed by atoms with Crippen molar-refractivity contribution < 1.29 is 19.4 Å². The fraction of sp³-hybridized carbons (Fsp3) is 0.818. The van der Waals surface area contributed by atoms with Crippen LogP contribution in [0.5, 0.6) is 0 Å². The molecule has 5 nitrogen and oxygen atoms in total. The van der Waals surface area contributed by atoms with Gasteiger partial charge in [0.2, 0.25) is 0 Å². The van der Waals surface area contributed by atoms with Crippen molar-refractivity contribution in [1.82, 2.24) is 4.90 Å². The molecule has 0 radical (unpaired) electrons.